The van der Waals surface area contributed by atoms with E-state index >= 15 is 0 Å². The Morgan fingerprint density at radius 2 is 2.12 bits per heavy atom. The van der Waals surface area contributed by atoms with Crippen molar-refractivity contribution < 1.29 is 0 Å². The van der Waals surface area contributed by atoms with Crippen molar-refractivity contribution in [3.63, 3.8) is 0 Å². The molecule has 0 aliphatic heterocycles. The minimum absolute atomic E-state index is 0.240. The third-order valence-corrected chi connectivity index (χ3v) is 2.43. The molecule has 0 bridgehead atoms. The lowest BCUT2D eigenvalue weighted by Gasteiger charge is -2.04. The molecule has 2 heterocycles. The fraction of sp³-hybridized carbons (Fsp3) is 0.400. The van der Waals surface area contributed by atoms with Gasteiger partial charge in [-0.2, -0.15) is 0 Å². The second kappa shape index (κ2) is 4.36. The molecule has 0 aliphatic rings. The van der Waals surface area contributed by atoms with Gasteiger partial charge in [-0.05, 0) is 13.3 Å². The van der Waals surface area contributed by atoms with Crippen molar-refractivity contribution in [1.82, 2.24) is 24.5 Å². The number of hydrogen-bond acceptors (Lipinski definition) is 4. The van der Waals surface area contributed by atoms with Crippen LogP contribution in [0, 0.1) is 6.92 Å². The van der Waals surface area contributed by atoms with E-state index in [1.165, 1.54) is 10.8 Å². The van der Waals surface area contributed by atoms with Gasteiger partial charge in [-0.1, -0.05) is 12.1 Å². The lowest BCUT2D eigenvalue weighted by molar-refractivity contribution is 0.507. The summed E-state index contributed by atoms with van der Waals surface area (Å²) >= 11 is 0. The largest absolute Gasteiger partial charge is 0.329 e. The first-order valence-electron chi connectivity index (χ1n) is 5.29. The number of aromatic amines is 1. The zero-order valence-electron chi connectivity index (χ0n) is 9.67. The van der Waals surface area contributed by atoms with Crippen LogP contribution in [-0.2, 0) is 13.1 Å². The molecule has 17 heavy (non-hydrogen) atoms. The monoisotopic (exact) mass is 235 g/mol. The average molecular weight is 235 g/mol. The van der Waals surface area contributed by atoms with Crippen LogP contribution in [0.2, 0.25) is 0 Å². The number of H-pyrrole nitrogens is 1. The van der Waals surface area contributed by atoms with Crippen molar-refractivity contribution in [3.8, 4) is 0 Å². The molecule has 0 atom stereocenters. The maximum Gasteiger partial charge on any atom is 0.329 e. The average Bonchev–Trinajstić information content (AvgIpc) is 2.73. The van der Waals surface area contributed by atoms with Crippen LogP contribution in [0.25, 0.3) is 0 Å². The van der Waals surface area contributed by atoms with Crippen LogP contribution in [0.4, 0.5) is 0 Å². The van der Waals surface area contributed by atoms with Gasteiger partial charge in [-0.25, -0.2) is 9.48 Å². The summed E-state index contributed by atoms with van der Waals surface area (Å²) in [6.45, 7) is 3.86. The van der Waals surface area contributed by atoms with E-state index in [2.05, 4.69) is 15.3 Å². The molecule has 0 radical (unpaired) electrons. The molecule has 0 spiro atoms. The Morgan fingerprint density at radius 3 is 2.76 bits per heavy atom. The first kappa shape index (κ1) is 11.3. The molecule has 0 saturated carbocycles. The summed E-state index contributed by atoms with van der Waals surface area (Å²) in [4.78, 5) is 24.9. The lowest BCUT2D eigenvalue weighted by atomic mass is 10.4. The molecular weight excluding hydrogens is 222 g/mol. The van der Waals surface area contributed by atoms with Gasteiger partial charge in [0.25, 0.3) is 5.56 Å². The first-order chi connectivity index (χ1) is 8.10. The van der Waals surface area contributed by atoms with Crippen molar-refractivity contribution in [2.24, 2.45) is 0 Å². The predicted octanol–water partition coefficient (Wildman–Crippen LogP) is -0.495. The Bertz CT molecular complexity index is 637. The SMILES string of the molecule is CCc1cn(Cn2cc(C)c(=O)[nH]c2=O)nn1. The molecule has 0 aromatic carbocycles. The van der Waals surface area contributed by atoms with Gasteiger partial charge in [-0.15, -0.1) is 5.10 Å². The highest BCUT2D eigenvalue weighted by atomic mass is 16.2. The van der Waals surface area contributed by atoms with Crippen LogP contribution in [0.3, 0.4) is 0 Å². The van der Waals surface area contributed by atoms with Gasteiger partial charge in [0.2, 0.25) is 0 Å². The lowest BCUT2D eigenvalue weighted by Crippen LogP contribution is -2.32. The smallest absolute Gasteiger partial charge is 0.280 e. The summed E-state index contributed by atoms with van der Waals surface area (Å²) in [7, 11) is 0. The molecule has 0 saturated heterocycles. The summed E-state index contributed by atoms with van der Waals surface area (Å²) < 4.78 is 2.93. The van der Waals surface area contributed by atoms with Crippen LogP contribution in [0.5, 0.6) is 0 Å². The molecular formula is C10H13N5O2. The zero-order chi connectivity index (χ0) is 12.4. The first-order valence-corrected chi connectivity index (χ1v) is 5.29. The van der Waals surface area contributed by atoms with E-state index < -0.39 is 5.69 Å². The minimum Gasteiger partial charge on any atom is -0.280 e. The number of aromatic nitrogens is 5. The third-order valence-electron chi connectivity index (χ3n) is 2.43. The molecule has 2 rings (SSSR count). The van der Waals surface area contributed by atoms with E-state index in [9.17, 15) is 9.59 Å². The van der Waals surface area contributed by atoms with Crippen molar-refractivity contribution in [2.75, 3.05) is 0 Å². The summed E-state index contributed by atoms with van der Waals surface area (Å²) in [6, 6.07) is 0. The molecule has 0 unspecified atom stereocenters. The fourth-order valence-corrected chi connectivity index (χ4v) is 1.45. The number of nitrogens with zero attached hydrogens (tertiary/aromatic N) is 4. The van der Waals surface area contributed by atoms with Crippen LogP contribution < -0.4 is 11.2 Å². The Morgan fingerprint density at radius 1 is 1.35 bits per heavy atom. The second-order valence-corrected chi connectivity index (χ2v) is 3.79. The maximum absolute atomic E-state index is 11.5. The van der Waals surface area contributed by atoms with E-state index in [0.29, 0.717) is 5.56 Å². The van der Waals surface area contributed by atoms with E-state index in [1.54, 1.807) is 17.8 Å². The van der Waals surface area contributed by atoms with Crippen LogP contribution in [-0.4, -0.2) is 24.5 Å². The molecule has 0 amide bonds. The van der Waals surface area contributed by atoms with E-state index in [1.807, 2.05) is 6.92 Å². The van der Waals surface area contributed by atoms with Gasteiger partial charge >= 0.3 is 5.69 Å². The highest BCUT2D eigenvalue weighted by molar-refractivity contribution is 5.00. The summed E-state index contributed by atoms with van der Waals surface area (Å²) in [5, 5.41) is 7.82. The molecule has 0 aliphatic carbocycles. The van der Waals surface area contributed by atoms with E-state index in [-0.39, 0.29) is 12.2 Å². The Hall–Kier alpha value is -2.18. The van der Waals surface area contributed by atoms with Gasteiger partial charge in [0.1, 0.15) is 6.67 Å². The fourth-order valence-electron chi connectivity index (χ4n) is 1.45. The summed E-state index contributed by atoms with van der Waals surface area (Å²) in [6.07, 6.45) is 4.07. The van der Waals surface area contributed by atoms with Gasteiger partial charge < -0.3 is 0 Å². The highest BCUT2D eigenvalue weighted by Crippen LogP contribution is 1.94. The zero-order valence-corrected chi connectivity index (χ0v) is 9.67. The minimum atomic E-state index is -0.450. The Balaban J connectivity index is 2.33. The molecule has 7 nitrogen and oxygen atoms in total. The van der Waals surface area contributed by atoms with E-state index in [4.69, 9.17) is 0 Å². The Labute approximate surface area is 96.7 Å². The molecule has 2 aromatic rings. The molecule has 2 aromatic heterocycles. The summed E-state index contributed by atoms with van der Waals surface area (Å²) in [5.41, 5.74) is 0.535. The second-order valence-electron chi connectivity index (χ2n) is 3.79. The Kier molecular flexibility index (Phi) is 2.90. The van der Waals surface area contributed by atoms with Crippen molar-refractivity contribution >= 4 is 0 Å². The normalized spacial score (nSPS) is 10.7. The topological polar surface area (TPSA) is 85.6 Å². The number of hydrogen-bond donors (Lipinski definition) is 1. The maximum atomic E-state index is 11.5. The van der Waals surface area contributed by atoms with Gasteiger partial charge in [0, 0.05) is 11.8 Å². The molecule has 1 N–H and O–H groups in total. The molecule has 7 heteroatoms. The number of nitrogens with one attached hydrogen (secondary N) is 1. The van der Waals surface area contributed by atoms with Crippen molar-refractivity contribution in [3.05, 3.63) is 44.5 Å². The highest BCUT2D eigenvalue weighted by Gasteiger charge is 2.03. The quantitative estimate of drug-likeness (QED) is 0.777. The van der Waals surface area contributed by atoms with Crippen LogP contribution in [0.1, 0.15) is 18.2 Å². The molecule has 0 fully saturated rings. The summed E-state index contributed by atoms with van der Waals surface area (Å²) in [5.74, 6) is 0. The van der Waals surface area contributed by atoms with Crippen molar-refractivity contribution in [1.29, 1.82) is 0 Å². The number of aryl methyl sites for hydroxylation is 2. The van der Waals surface area contributed by atoms with Gasteiger partial charge in [-0.3, -0.25) is 14.3 Å². The van der Waals surface area contributed by atoms with Crippen LogP contribution in [0.15, 0.2) is 22.0 Å². The van der Waals surface area contributed by atoms with Gasteiger partial charge in [0.15, 0.2) is 0 Å². The predicted molar refractivity (Wildman–Crippen MR) is 60.9 cm³/mol. The molecule has 90 valence electrons. The van der Waals surface area contributed by atoms with E-state index in [0.717, 1.165) is 12.1 Å². The number of rotatable bonds is 3. The van der Waals surface area contributed by atoms with Crippen molar-refractivity contribution in [2.45, 2.75) is 26.9 Å². The van der Waals surface area contributed by atoms with Gasteiger partial charge in [0.05, 0.1) is 11.9 Å². The van der Waals surface area contributed by atoms with Crippen LogP contribution >= 0.6 is 0 Å². The standard InChI is InChI=1S/C10H13N5O2/c1-3-8-5-15(13-12-8)6-14-4-7(2)9(16)11-10(14)17/h4-5H,3,6H2,1-2H3,(H,11,16,17). The third kappa shape index (κ3) is 2.32.